The first-order valence-electron chi connectivity index (χ1n) is 10.7. The van der Waals surface area contributed by atoms with Crippen molar-refractivity contribution in [1.82, 2.24) is 0 Å². The lowest BCUT2D eigenvalue weighted by molar-refractivity contribution is -0.384. The summed E-state index contributed by atoms with van der Waals surface area (Å²) in [6.07, 6.45) is 12.0. The number of hydrogen-bond acceptors (Lipinski definition) is 4. The smallest absolute Gasteiger partial charge is 0.258 e. The number of hydrogen-bond donors (Lipinski definition) is 0. The number of nitro benzene ring substituents is 1. The largest absolute Gasteiger partial charge is 0.270 e. The van der Waals surface area contributed by atoms with E-state index in [2.05, 4.69) is 25.1 Å². The topological polar surface area (TPSA) is 43.1 Å². The molecule has 152 valence electrons. The molecule has 0 fully saturated rings. The highest BCUT2D eigenvalue weighted by Crippen LogP contribution is 2.45. The minimum atomic E-state index is -0.317. The maximum Gasteiger partial charge on any atom is 0.270 e. The second-order valence-electron chi connectivity index (χ2n) is 7.86. The van der Waals surface area contributed by atoms with Crippen LogP contribution in [0.5, 0.6) is 0 Å². The number of unbranched alkanes of at least 4 members (excludes halogenated alkanes) is 7. The summed E-state index contributed by atoms with van der Waals surface area (Å²) in [5.41, 5.74) is 1.60. The van der Waals surface area contributed by atoms with E-state index in [0.717, 1.165) is 16.5 Å². The Morgan fingerprint density at radius 1 is 0.793 bits per heavy atom. The molecule has 5 heteroatoms. The molecule has 0 radical (unpaired) electrons. The van der Waals surface area contributed by atoms with E-state index in [9.17, 15) is 10.1 Å². The van der Waals surface area contributed by atoms with Gasteiger partial charge in [-0.2, -0.15) is 0 Å². The van der Waals surface area contributed by atoms with Gasteiger partial charge in [-0.15, -0.1) is 22.7 Å². The first-order valence-corrected chi connectivity index (χ1v) is 12.3. The molecular weight excluding hydrogens is 398 g/mol. The summed E-state index contributed by atoms with van der Waals surface area (Å²) in [5.74, 6) is 0. The van der Waals surface area contributed by atoms with Crippen LogP contribution in [0, 0.1) is 10.1 Å². The summed E-state index contributed by atoms with van der Waals surface area (Å²) in [6, 6.07) is 12.1. The molecule has 2 heterocycles. The second-order valence-corrected chi connectivity index (χ2v) is 9.96. The molecule has 0 bridgehead atoms. The monoisotopic (exact) mass is 425 g/mol. The van der Waals surface area contributed by atoms with Crippen molar-refractivity contribution in [3.8, 4) is 0 Å². The predicted molar refractivity (Wildman–Crippen MR) is 128 cm³/mol. The molecule has 0 spiro atoms. The van der Waals surface area contributed by atoms with Gasteiger partial charge in [0.25, 0.3) is 5.69 Å². The van der Waals surface area contributed by atoms with E-state index in [1.54, 1.807) is 23.5 Å². The third-order valence-electron chi connectivity index (χ3n) is 5.66. The van der Waals surface area contributed by atoms with E-state index in [1.165, 1.54) is 76.4 Å². The normalized spacial score (nSPS) is 11.8. The summed E-state index contributed by atoms with van der Waals surface area (Å²) < 4.78 is 4.87. The molecule has 0 aliphatic heterocycles. The first kappa shape index (κ1) is 20.3. The van der Waals surface area contributed by atoms with Crippen molar-refractivity contribution < 1.29 is 4.92 Å². The number of nitro groups is 1. The number of rotatable bonds is 10. The Balaban J connectivity index is 1.44. The van der Waals surface area contributed by atoms with Crippen molar-refractivity contribution in [3.05, 3.63) is 52.1 Å². The van der Waals surface area contributed by atoms with Gasteiger partial charge in [0.05, 0.1) is 14.3 Å². The standard InChI is InChI=1S/C24H27NO2S2/c1-2-3-4-5-6-7-8-9-10-17-11-13-19-21(15-17)28-24-20-14-12-18(25(26)27)16-22(20)29-23(19)24/h11-16H,2-10H2,1H3. The fourth-order valence-corrected chi connectivity index (χ4v) is 6.77. The van der Waals surface area contributed by atoms with Crippen molar-refractivity contribution in [3.63, 3.8) is 0 Å². The van der Waals surface area contributed by atoms with E-state index in [4.69, 9.17) is 0 Å². The van der Waals surface area contributed by atoms with Gasteiger partial charge in [-0.1, -0.05) is 64.0 Å². The van der Waals surface area contributed by atoms with Crippen LogP contribution in [-0.4, -0.2) is 4.92 Å². The molecule has 3 nitrogen and oxygen atoms in total. The molecule has 2 aromatic heterocycles. The van der Waals surface area contributed by atoms with Gasteiger partial charge in [0.1, 0.15) is 0 Å². The highest BCUT2D eigenvalue weighted by atomic mass is 32.1. The van der Waals surface area contributed by atoms with Crippen molar-refractivity contribution >= 4 is 57.9 Å². The molecule has 0 atom stereocenters. The van der Waals surface area contributed by atoms with E-state index in [-0.39, 0.29) is 10.6 Å². The molecule has 0 amide bonds. The Kier molecular flexibility index (Phi) is 6.46. The molecule has 4 rings (SSSR count). The zero-order chi connectivity index (χ0) is 20.2. The van der Waals surface area contributed by atoms with Gasteiger partial charge in [0, 0.05) is 32.3 Å². The van der Waals surface area contributed by atoms with Crippen LogP contribution in [-0.2, 0) is 6.42 Å². The van der Waals surface area contributed by atoms with Gasteiger partial charge < -0.3 is 0 Å². The van der Waals surface area contributed by atoms with Gasteiger partial charge in [-0.05, 0) is 30.5 Å². The number of nitrogens with zero attached hydrogens (tertiary/aromatic N) is 1. The van der Waals surface area contributed by atoms with Gasteiger partial charge in [0.15, 0.2) is 0 Å². The minimum Gasteiger partial charge on any atom is -0.258 e. The fraction of sp³-hybridized carbons (Fsp3) is 0.417. The molecule has 29 heavy (non-hydrogen) atoms. The number of fused-ring (bicyclic) bond motifs is 5. The second kappa shape index (κ2) is 9.23. The average Bonchev–Trinajstić information content (AvgIpc) is 3.24. The zero-order valence-electron chi connectivity index (χ0n) is 16.9. The van der Waals surface area contributed by atoms with Crippen LogP contribution in [0.15, 0.2) is 36.4 Å². The maximum absolute atomic E-state index is 11.0. The van der Waals surface area contributed by atoms with Crippen molar-refractivity contribution in [2.45, 2.75) is 64.7 Å². The SMILES string of the molecule is CCCCCCCCCCc1ccc2c(c1)sc1c3ccc([N+](=O)[O-])cc3sc21. The quantitative estimate of drug-likeness (QED) is 0.145. The lowest BCUT2D eigenvalue weighted by Gasteiger charge is -2.03. The van der Waals surface area contributed by atoms with Gasteiger partial charge in [-0.3, -0.25) is 10.1 Å². The predicted octanol–water partition coefficient (Wildman–Crippen LogP) is 8.86. The molecule has 0 saturated heterocycles. The van der Waals surface area contributed by atoms with E-state index >= 15 is 0 Å². The Morgan fingerprint density at radius 3 is 2.03 bits per heavy atom. The fourth-order valence-electron chi connectivity index (χ4n) is 4.02. The van der Waals surface area contributed by atoms with Crippen LogP contribution in [0.1, 0.15) is 63.9 Å². The average molecular weight is 426 g/mol. The van der Waals surface area contributed by atoms with Crippen molar-refractivity contribution in [2.24, 2.45) is 0 Å². The molecular formula is C24H27NO2S2. The number of benzene rings is 2. The highest BCUT2D eigenvalue weighted by molar-refractivity contribution is 7.36. The summed E-state index contributed by atoms with van der Waals surface area (Å²) in [5, 5.41) is 13.5. The van der Waals surface area contributed by atoms with Crippen LogP contribution in [0.4, 0.5) is 5.69 Å². The lowest BCUT2D eigenvalue weighted by Crippen LogP contribution is -1.86. The minimum absolute atomic E-state index is 0.170. The molecule has 0 saturated carbocycles. The van der Waals surface area contributed by atoms with E-state index in [0.29, 0.717) is 0 Å². The number of aryl methyl sites for hydroxylation is 1. The maximum atomic E-state index is 11.0. The summed E-state index contributed by atoms with van der Waals surface area (Å²) in [6.45, 7) is 2.27. The van der Waals surface area contributed by atoms with Crippen LogP contribution >= 0.6 is 22.7 Å². The van der Waals surface area contributed by atoms with E-state index in [1.807, 2.05) is 17.4 Å². The Labute approximate surface area is 179 Å². The summed E-state index contributed by atoms with van der Waals surface area (Å²) >= 11 is 3.50. The van der Waals surface area contributed by atoms with Gasteiger partial charge in [0.2, 0.25) is 0 Å². The first-order chi connectivity index (χ1) is 14.2. The Bertz CT molecular complexity index is 1140. The Morgan fingerprint density at radius 2 is 1.38 bits per heavy atom. The highest BCUT2D eigenvalue weighted by Gasteiger charge is 2.15. The third kappa shape index (κ3) is 4.46. The zero-order valence-corrected chi connectivity index (χ0v) is 18.5. The Hall–Kier alpha value is -1.98. The third-order valence-corrected chi connectivity index (χ3v) is 8.16. The van der Waals surface area contributed by atoms with Gasteiger partial charge in [-0.25, -0.2) is 0 Å². The molecule has 4 aromatic rings. The van der Waals surface area contributed by atoms with Gasteiger partial charge >= 0.3 is 0 Å². The van der Waals surface area contributed by atoms with Crippen LogP contribution in [0.3, 0.4) is 0 Å². The summed E-state index contributed by atoms with van der Waals surface area (Å²) in [4.78, 5) is 10.7. The van der Waals surface area contributed by atoms with Crippen LogP contribution in [0.25, 0.3) is 29.6 Å². The molecule has 2 aromatic carbocycles. The van der Waals surface area contributed by atoms with E-state index < -0.39 is 0 Å². The summed E-state index contributed by atoms with van der Waals surface area (Å²) in [7, 11) is 0. The molecule has 0 aliphatic rings. The van der Waals surface area contributed by atoms with Crippen molar-refractivity contribution in [2.75, 3.05) is 0 Å². The lowest BCUT2D eigenvalue weighted by atomic mass is 10.0. The molecule has 0 unspecified atom stereocenters. The van der Waals surface area contributed by atoms with Crippen molar-refractivity contribution in [1.29, 1.82) is 0 Å². The van der Waals surface area contributed by atoms with Crippen LogP contribution < -0.4 is 0 Å². The molecule has 0 aliphatic carbocycles. The molecule has 0 N–H and O–H groups in total. The number of non-ortho nitro benzene ring substituents is 1. The number of thiophene rings is 2. The van der Waals surface area contributed by atoms with Crippen LogP contribution in [0.2, 0.25) is 0 Å².